The van der Waals surface area contributed by atoms with Crippen molar-refractivity contribution in [2.24, 2.45) is 0 Å². The summed E-state index contributed by atoms with van der Waals surface area (Å²) in [5.41, 5.74) is 0. The number of hydrogen-bond acceptors (Lipinski definition) is 0. The lowest BCUT2D eigenvalue weighted by atomic mass is 10.6. The van der Waals surface area contributed by atoms with Crippen molar-refractivity contribution < 1.29 is 0 Å². The van der Waals surface area contributed by atoms with Gasteiger partial charge in [0.1, 0.15) is 0 Å². The maximum absolute atomic E-state index is 4.00. The molecule has 0 amide bonds. The van der Waals surface area contributed by atoms with Gasteiger partial charge in [0.2, 0.25) is 0 Å². The molecule has 0 aliphatic rings. The summed E-state index contributed by atoms with van der Waals surface area (Å²) in [7, 11) is 0. The minimum Gasteiger partial charge on any atom is -0.124 e. The van der Waals surface area contributed by atoms with Gasteiger partial charge in [0.15, 0.2) is 0 Å². The van der Waals surface area contributed by atoms with Gasteiger partial charge in [0, 0.05) is 0 Å². The lowest BCUT2D eigenvalue weighted by Gasteiger charge is -1.48. The molecule has 0 atom stereocenters. The molecule has 0 radical (unpaired) electrons. The summed E-state index contributed by atoms with van der Waals surface area (Å²) in [5, 5.41) is 0. The molecule has 0 fully saturated rings. The minimum absolute atomic E-state index is 1.25. The molecule has 0 aromatic heterocycles. The van der Waals surface area contributed by atoms with Crippen LogP contribution in [0.1, 0.15) is 40.5 Å². The van der Waals surface area contributed by atoms with E-state index in [-0.39, 0.29) is 0 Å². The highest BCUT2D eigenvalue weighted by Crippen LogP contribution is 1.56. The second kappa shape index (κ2) is 83.3. The predicted molar refractivity (Wildman–Crippen MR) is 41.8 cm³/mol. The van der Waals surface area contributed by atoms with Gasteiger partial charge in [-0.15, -0.1) is 12.8 Å². The van der Waals surface area contributed by atoms with Crippen LogP contribution in [-0.2, 0) is 0 Å². The second-order valence-corrected chi connectivity index (χ2v) is 1.41. The SMILES string of the molecule is C#C.CCC.CCC. The van der Waals surface area contributed by atoms with Gasteiger partial charge in [-0.05, 0) is 0 Å². The fraction of sp³-hybridized carbons (Fsp3) is 0.750. The molecule has 0 aliphatic heterocycles. The first-order valence-electron chi connectivity index (χ1n) is 3.16. The van der Waals surface area contributed by atoms with Gasteiger partial charge in [-0.2, -0.15) is 0 Å². The zero-order chi connectivity index (χ0) is 7.41. The molecule has 0 unspecified atom stereocenters. The summed E-state index contributed by atoms with van der Waals surface area (Å²) < 4.78 is 0. The van der Waals surface area contributed by atoms with Crippen molar-refractivity contribution in [3.63, 3.8) is 0 Å². The third-order valence-electron chi connectivity index (χ3n) is 0. The number of rotatable bonds is 0. The predicted octanol–water partition coefficient (Wildman–Crippen LogP) is 3.08. The highest BCUT2D eigenvalue weighted by molar-refractivity contribution is 4.47. The average molecular weight is 114 g/mol. The molecule has 0 aliphatic carbocycles. The lowest BCUT2D eigenvalue weighted by molar-refractivity contribution is 1.09. The Morgan fingerprint density at radius 1 is 0.750 bits per heavy atom. The topological polar surface area (TPSA) is 0 Å². The van der Waals surface area contributed by atoms with Crippen molar-refractivity contribution in [1.29, 1.82) is 0 Å². The van der Waals surface area contributed by atoms with Gasteiger partial charge in [-0.3, -0.25) is 0 Å². The zero-order valence-corrected chi connectivity index (χ0v) is 6.57. The van der Waals surface area contributed by atoms with Crippen LogP contribution in [0.3, 0.4) is 0 Å². The van der Waals surface area contributed by atoms with Crippen LogP contribution in [0.25, 0.3) is 0 Å². The van der Waals surface area contributed by atoms with Crippen molar-refractivity contribution in [2.75, 3.05) is 0 Å². The summed E-state index contributed by atoms with van der Waals surface area (Å²) in [5.74, 6) is 0. The molecule has 8 heavy (non-hydrogen) atoms. The van der Waals surface area contributed by atoms with E-state index in [1.165, 1.54) is 12.8 Å². The van der Waals surface area contributed by atoms with Gasteiger partial charge in [0.05, 0.1) is 0 Å². The molecule has 0 spiro atoms. The highest BCUT2D eigenvalue weighted by Gasteiger charge is 1.36. The van der Waals surface area contributed by atoms with E-state index >= 15 is 0 Å². The van der Waals surface area contributed by atoms with Crippen LogP contribution in [0.15, 0.2) is 0 Å². The molecule has 0 aromatic rings. The summed E-state index contributed by atoms with van der Waals surface area (Å²) in [4.78, 5) is 0. The van der Waals surface area contributed by atoms with E-state index in [0.29, 0.717) is 0 Å². The van der Waals surface area contributed by atoms with Gasteiger partial charge in [0.25, 0.3) is 0 Å². The smallest absolute Gasteiger partial charge is 0.0590 e. The van der Waals surface area contributed by atoms with Gasteiger partial charge in [-0.25, -0.2) is 0 Å². The van der Waals surface area contributed by atoms with Crippen LogP contribution >= 0.6 is 0 Å². The Hall–Kier alpha value is -0.440. The normalized spacial score (nSPS) is 4.75. The van der Waals surface area contributed by atoms with Crippen molar-refractivity contribution in [3.8, 4) is 12.8 Å². The lowest BCUT2D eigenvalue weighted by Crippen LogP contribution is -1.27. The van der Waals surface area contributed by atoms with E-state index in [0.717, 1.165) is 0 Å². The van der Waals surface area contributed by atoms with Crippen molar-refractivity contribution in [2.45, 2.75) is 40.5 Å². The number of hydrogen-bond donors (Lipinski definition) is 0. The average Bonchev–Trinajstić information content (AvgIpc) is 1.75. The quantitative estimate of drug-likeness (QED) is 0.424. The monoisotopic (exact) mass is 114 g/mol. The maximum atomic E-state index is 4.00. The molecule has 0 nitrogen and oxygen atoms in total. The Labute approximate surface area is 54.3 Å². The molecule has 0 heteroatoms. The Balaban J connectivity index is -0.0000000483. The molecule has 0 N–H and O–H groups in total. The van der Waals surface area contributed by atoms with E-state index < -0.39 is 0 Å². The first-order chi connectivity index (χ1) is 3.83. The van der Waals surface area contributed by atoms with Crippen LogP contribution in [-0.4, -0.2) is 0 Å². The molecule has 0 saturated heterocycles. The number of terminal acetylenes is 1. The summed E-state index contributed by atoms with van der Waals surface area (Å²) >= 11 is 0. The minimum atomic E-state index is 1.25. The molecular formula is C8H18. The largest absolute Gasteiger partial charge is 0.124 e. The van der Waals surface area contributed by atoms with Crippen LogP contribution in [0.5, 0.6) is 0 Å². The van der Waals surface area contributed by atoms with E-state index in [2.05, 4.69) is 40.5 Å². The molecule has 0 aromatic carbocycles. The Bertz CT molecular complexity index is 16.5. The third-order valence-corrected chi connectivity index (χ3v) is 0. The Morgan fingerprint density at radius 2 is 0.750 bits per heavy atom. The van der Waals surface area contributed by atoms with Crippen LogP contribution in [0.2, 0.25) is 0 Å². The fourth-order valence-corrected chi connectivity index (χ4v) is 0. The van der Waals surface area contributed by atoms with Gasteiger partial charge in [-0.1, -0.05) is 40.5 Å². The van der Waals surface area contributed by atoms with Gasteiger partial charge < -0.3 is 0 Å². The Morgan fingerprint density at radius 3 is 0.750 bits per heavy atom. The van der Waals surface area contributed by atoms with Crippen LogP contribution in [0, 0.1) is 12.8 Å². The van der Waals surface area contributed by atoms with Crippen molar-refractivity contribution in [3.05, 3.63) is 0 Å². The molecule has 0 saturated carbocycles. The summed E-state index contributed by atoms with van der Waals surface area (Å²) in [6, 6.07) is 0. The molecule has 50 valence electrons. The molecule has 0 heterocycles. The Kier molecular flexibility index (Phi) is 163. The molecule has 0 bridgehead atoms. The van der Waals surface area contributed by atoms with Crippen LogP contribution < -0.4 is 0 Å². The van der Waals surface area contributed by atoms with E-state index in [1.807, 2.05) is 0 Å². The van der Waals surface area contributed by atoms with Crippen molar-refractivity contribution >= 4 is 0 Å². The maximum Gasteiger partial charge on any atom is -0.0590 e. The highest BCUT2D eigenvalue weighted by atomic mass is 13.4. The fourth-order valence-electron chi connectivity index (χ4n) is 0. The van der Waals surface area contributed by atoms with E-state index in [9.17, 15) is 0 Å². The summed E-state index contributed by atoms with van der Waals surface area (Å²) in [6.45, 7) is 8.50. The molecular weight excluding hydrogens is 96.1 g/mol. The van der Waals surface area contributed by atoms with E-state index in [4.69, 9.17) is 0 Å². The third kappa shape index (κ3) is 597. The van der Waals surface area contributed by atoms with Crippen LogP contribution in [0.4, 0.5) is 0 Å². The van der Waals surface area contributed by atoms with Crippen molar-refractivity contribution in [1.82, 2.24) is 0 Å². The molecule has 0 rings (SSSR count). The zero-order valence-electron chi connectivity index (χ0n) is 6.57. The first-order valence-corrected chi connectivity index (χ1v) is 3.16. The summed E-state index contributed by atoms with van der Waals surface area (Å²) in [6.07, 6.45) is 10.5. The van der Waals surface area contributed by atoms with Gasteiger partial charge >= 0.3 is 0 Å². The first kappa shape index (κ1) is 15.6. The standard InChI is InChI=1S/2C3H8.C2H2/c2*1-3-2;1-2/h2*3H2,1-2H3;1-2H. The second-order valence-electron chi connectivity index (χ2n) is 1.41. The van der Waals surface area contributed by atoms with E-state index in [1.54, 1.807) is 0 Å².